The van der Waals surface area contributed by atoms with Gasteiger partial charge in [-0.3, -0.25) is 4.79 Å². The maximum absolute atomic E-state index is 11.4. The molecule has 32 heavy (non-hydrogen) atoms. The summed E-state index contributed by atoms with van der Waals surface area (Å²) < 4.78 is 13.2. The lowest BCUT2D eigenvalue weighted by Crippen LogP contribution is -2.05. The van der Waals surface area contributed by atoms with Crippen LogP contribution in [0.3, 0.4) is 0 Å². The number of ether oxygens (including phenoxy) is 1. The van der Waals surface area contributed by atoms with E-state index in [2.05, 4.69) is 10.1 Å². The zero-order valence-corrected chi connectivity index (χ0v) is 18.6. The van der Waals surface area contributed by atoms with E-state index in [9.17, 15) is 9.90 Å². The van der Waals surface area contributed by atoms with Crippen molar-refractivity contribution >= 4 is 28.5 Å². The second-order valence-electron chi connectivity index (χ2n) is 8.42. The number of hydrogen-bond donors (Lipinski definition) is 1. The van der Waals surface area contributed by atoms with Crippen LogP contribution in [0, 0.1) is 5.92 Å². The number of para-hydroxylation sites is 1. The van der Waals surface area contributed by atoms with Gasteiger partial charge in [0.2, 0.25) is 5.82 Å². The van der Waals surface area contributed by atoms with Crippen LogP contribution in [0.1, 0.15) is 31.7 Å². The molecule has 4 aromatic rings. The van der Waals surface area contributed by atoms with E-state index in [1.165, 1.54) is 0 Å². The van der Waals surface area contributed by atoms with E-state index in [-0.39, 0.29) is 17.9 Å². The van der Waals surface area contributed by atoms with Gasteiger partial charge < -0.3 is 18.9 Å². The van der Waals surface area contributed by atoms with Crippen molar-refractivity contribution in [2.24, 2.45) is 13.0 Å². The number of aliphatic carboxylic acids is 1. The normalized spacial score (nSPS) is 17.8. The molecule has 1 N–H and O–H groups in total. The molecule has 0 radical (unpaired) electrons. The van der Waals surface area contributed by atoms with E-state index in [4.69, 9.17) is 20.9 Å². The summed E-state index contributed by atoms with van der Waals surface area (Å²) in [6.07, 6.45) is 2.70. The van der Waals surface area contributed by atoms with Crippen LogP contribution in [-0.4, -0.2) is 31.9 Å². The number of nitrogens with zero attached hydrogens (tertiary/aromatic N) is 3. The Kier molecular flexibility index (Phi) is 4.93. The minimum Gasteiger partial charge on any atom is -0.489 e. The minimum atomic E-state index is -0.741. The highest BCUT2D eigenvalue weighted by Crippen LogP contribution is 2.50. The van der Waals surface area contributed by atoms with E-state index in [1.54, 1.807) is 12.1 Å². The number of aryl methyl sites for hydroxylation is 1. The van der Waals surface area contributed by atoms with Crippen LogP contribution in [0.15, 0.2) is 47.1 Å². The lowest BCUT2D eigenvalue weighted by atomic mass is 10.0. The summed E-state index contributed by atoms with van der Waals surface area (Å²) in [7, 11) is 1.95. The van der Waals surface area contributed by atoms with Crippen molar-refractivity contribution in [1.29, 1.82) is 0 Å². The molecule has 1 saturated carbocycles. The second kappa shape index (κ2) is 7.67. The van der Waals surface area contributed by atoms with E-state index in [0.29, 0.717) is 34.5 Å². The Hall–Kier alpha value is -3.32. The topological polar surface area (TPSA) is 90.4 Å². The van der Waals surface area contributed by atoms with Crippen molar-refractivity contribution in [2.75, 3.05) is 0 Å². The van der Waals surface area contributed by atoms with E-state index in [0.717, 1.165) is 22.0 Å². The standard InChI is InChI=1S/C24H22ClN3O4/c1-12(2)31-20-8-7-13(9-19(20)25)23-26-22(27-32-23)15-6-4-5-14-18(11-28(3)21(14)15)16-10-17(16)24(29)30/h4-9,11-12,16-17H,10H2,1-3H3,(H,29,30)/t16-,17-/m1/s1. The average molecular weight is 452 g/mol. The molecule has 1 fully saturated rings. The molecule has 2 aromatic heterocycles. The molecule has 164 valence electrons. The average Bonchev–Trinajstić information content (AvgIpc) is 3.27. The fourth-order valence-electron chi connectivity index (χ4n) is 4.22. The van der Waals surface area contributed by atoms with Gasteiger partial charge in [-0.1, -0.05) is 28.9 Å². The fourth-order valence-corrected chi connectivity index (χ4v) is 4.45. The van der Waals surface area contributed by atoms with Gasteiger partial charge in [0.15, 0.2) is 0 Å². The molecule has 0 aliphatic heterocycles. The highest BCUT2D eigenvalue weighted by atomic mass is 35.5. The maximum atomic E-state index is 11.4. The van der Waals surface area contributed by atoms with Crippen LogP contribution in [0.25, 0.3) is 33.7 Å². The number of carbonyl (C=O) groups is 1. The van der Waals surface area contributed by atoms with Gasteiger partial charge >= 0.3 is 5.97 Å². The summed E-state index contributed by atoms with van der Waals surface area (Å²) in [5.74, 6) is 0.412. The summed E-state index contributed by atoms with van der Waals surface area (Å²) >= 11 is 6.36. The first kappa shape index (κ1) is 20.6. The van der Waals surface area contributed by atoms with Crippen molar-refractivity contribution in [3.8, 4) is 28.6 Å². The van der Waals surface area contributed by atoms with Crippen LogP contribution in [0.2, 0.25) is 5.02 Å². The van der Waals surface area contributed by atoms with Crippen LogP contribution < -0.4 is 4.74 Å². The lowest BCUT2D eigenvalue weighted by Gasteiger charge is -2.11. The first-order valence-electron chi connectivity index (χ1n) is 10.4. The minimum absolute atomic E-state index is 0.0189. The van der Waals surface area contributed by atoms with Crippen molar-refractivity contribution < 1.29 is 19.2 Å². The number of hydrogen-bond acceptors (Lipinski definition) is 5. The predicted octanol–water partition coefficient (Wildman–Crippen LogP) is 5.52. The predicted molar refractivity (Wildman–Crippen MR) is 121 cm³/mol. The first-order chi connectivity index (χ1) is 15.3. The molecule has 0 unspecified atom stereocenters. The van der Waals surface area contributed by atoms with Crippen molar-refractivity contribution in [2.45, 2.75) is 32.3 Å². The molecular weight excluding hydrogens is 430 g/mol. The Balaban J connectivity index is 1.51. The Morgan fingerprint density at radius 1 is 1.31 bits per heavy atom. The van der Waals surface area contributed by atoms with Crippen LogP contribution in [0.4, 0.5) is 0 Å². The molecule has 2 aromatic carbocycles. The van der Waals surface area contributed by atoms with Gasteiger partial charge in [-0.05, 0) is 50.1 Å². The zero-order valence-electron chi connectivity index (χ0n) is 17.9. The smallest absolute Gasteiger partial charge is 0.307 e. The molecule has 0 saturated heterocycles. The highest BCUT2D eigenvalue weighted by Gasteiger charge is 2.45. The van der Waals surface area contributed by atoms with Crippen LogP contribution in [-0.2, 0) is 11.8 Å². The van der Waals surface area contributed by atoms with E-state index in [1.807, 2.05) is 55.9 Å². The number of carboxylic acid groups (broad SMARTS) is 1. The first-order valence-corrected chi connectivity index (χ1v) is 10.8. The number of benzene rings is 2. The van der Waals surface area contributed by atoms with Gasteiger partial charge in [0.05, 0.1) is 22.6 Å². The van der Waals surface area contributed by atoms with Gasteiger partial charge in [0.1, 0.15) is 5.75 Å². The Morgan fingerprint density at radius 3 is 2.81 bits per heavy atom. The summed E-state index contributed by atoms with van der Waals surface area (Å²) in [6, 6.07) is 11.3. The number of fused-ring (bicyclic) bond motifs is 1. The molecule has 5 rings (SSSR count). The molecule has 8 heteroatoms. The summed E-state index contributed by atoms with van der Waals surface area (Å²) in [5, 5.41) is 15.0. The van der Waals surface area contributed by atoms with Crippen LogP contribution in [0.5, 0.6) is 5.75 Å². The molecule has 2 atom stereocenters. The summed E-state index contributed by atoms with van der Waals surface area (Å²) in [4.78, 5) is 16.0. The largest absolute Gasteiger partial charge is 0.489 e. The number of rotatable bonds is 6. The van der Waals surface area contributed by atoms with Gasteiger partial charge in [-0.25, -0.2) is 0 Å². The molecular formula is C24H22ClN3O4. The Labute approximate surface area is 189 Å². The van der Waals surface area contributed by atoms with Gasteiger partial charge in [-0.15, -0.1) is 0 Å². The molecule has 0 bridgehead atoms. The number of halogens is 1. The third kappa shape index (κ3) is 3.52. The molecule has 7 nitrogen and oxygen atoms in total. The van der Waals surface area contributed by atoms with Crippen molar-refractivity contribution in [3.05, 3.63) is 53.2 Å². The van der Waals surface area contributed by atoms with Crippen molar-refractivity contribution in [3.63, 3.8) is 0 Å². The molecule has 2 heterocycles. The van der Waals surface area contributed by atoms with Crippen molar-refractivity contribution in [1.82, 2.24) is 14.7 Å². The number of carboxylic acids is 1. The zero-order chi connectivity index (χ0) is 22.6. The monoisotopic (exact) mass is 451 g/mol. The Bertz CT molecular complexity index is 1340. The van der Waals surface area contributed by atoms with E-state index < -0.39 is 5.97 Å². The molecule has 0 amide bonds. The second-order valence-corrected chi connectivity index (χ2v) is 8.83. The maximum Gasteiger partial charge on any atom is 0.307 e. The van der Waals surface area contributed by atoms with Gasteiger partial charge in [-0.2, -0.15) is 4.98 Å². The molecule has 1 aliphatic carbocycles. The lowest BCUT2D eigenvalue weighted by molar-refractivity contribution is -0.138. The highest BCUT2D eigenvalue weighted by molar-refractivity contribution is 6.32. The summed E-state index contributed by atoms with van der Waals surface area (Å²) in [6.45, 7) is 3.88. The summed E-state index contributed by atoms with van der Waals surface area (Å²) in [5.41, 5.74) is 3.52. The molecule has 1 aliphatic rings. The molecule has 0 spiro atoms. The third-order valence-electron chi connectivity index (χ3n) is 5.75. The Morgan fingerprint density at radius 2 is 2.12 bits per heavy atom. The fraction of sp³-hybridized carbons (Fsp3) is 0.292. The van der Waals surface area contributed by atoms with E-state index >= 15 is 0 Å². The quantitative estimate of drug-likeness (QED) is 0.415. The van der Waals surface area contributed by atoms with Crippen LogP contribution >= 0.6 is 11.6 Å². The number of aromatic nitrogens is 3. The van der Waals surface area contributed by atoms with Gasteiger partial charge in [0.25, 0.3) is 5.89 Å². The SMILES string of the molecule is CC(C)Oc1ccc(-c2nc(-c3cccc4c([C@@H]5C[C@H]5C(=O)O)cn(C)c34)no2)cc1Cl. The third-order valence-corrected chi connectivity index (χ3v) is 6.04. The van der Waals surface area contributed by atoms with Gasteiger partial charge in [0, 0.05) is 35.7 Å².